The van der Waals surface area contributed by atoms with Gasteiger partial charge in [0.15, 0.2) is 0 Å². The first-order chi connectivity index (χ1) is 8.72. The number of hydrogen-bond donors (Lipinski definition) is 1. The molecule has 0 radical (unpaired) electrons. The fourth-order valence-corrected chi connectivity index (χ4v) is 2.17. The average Bonchev–Trinajstić information content (AvgIpc) is 2.41. The number of hydrogen-bond acceptors (Lipinski definition) is 2. The van der Waals surface area contributed by atoms with Gasteiger partial charge in [0, 0.05) is 7.11 Å². The molecule has 2 atom stereocenters. The number of ether oxygens (including phenoxy) is 1. The highest BCUT2D eigenvalue weighted by Crippen LogP contribution is 2.20. The normalized spacial score (nSPS) is 14.4. The van der Waals surface area contributed by atoms with Crippen LogP contribution >= 0.6 is 0 Å². The van der Waals surface area contributed by atoms with Crippen molar-refractivity contribution in [3.8, 4) is 0 Å². The summed E-state index contributed by atoms with van der Waals surface area (Å²) in [6, 6.07) is 9.22. The number of rotatable bonds is 8. The molecular weight excluding hydrogens is 222 g/mol. The van der Waals surface area contributed by atoms with Crippen molar-refractivity contribution in [2.24, 2.45) is 0 Å². The first-order valence-electron chi connectivity index (χ1n) is 7.07. The molecule has 1 aromatic rings. The third-order valence-electron chi connectivity index (χ3n) is 3.33. The van der Waals surface area contributed by atoms with E-state index >= 15 is 0 Å². The van der Waals surface area contributed by atoms with Gasteiger partial charge in [0.2, 0.25) is 0 Å². The molecule has 0 aliphatic heterocycles. The van der Waals surface area contributed by atoms with Gasteiger partial charge in [-0.1, -0.05) is 44.5 Å². The summed E-state index contributed by atoms with van der Waals surface area (Å²) in [7, 11) is 1.77. The smallest absolute Gasteiger partial charge is 0.0737 e. The number of methoxy groups -OCH3 is 1. The van der Waals surface area contributed by atoms with Gasteiger partial charge in [0.05, 0.1) is 12.1 Å². The minimum Gasteiger partial charge on any atom is -0.380 e. The predicted octanol–water partition coefficient (Wildman–Crippen LogP) is 3.71. The molecule has 1 rings (SSSR count). The molecule has 2 unspecified atom stereocenters. The van der Waals surface area contributed by atoms with E-state index in [2.05, 4.69) is 50.4 Å². The lowest BCUT2D eigenvalue weighted by Gasteiger charge is -2.24. The van der Waals surface area contributed by atoms with Gasteiger partial charge in [-0.3, -0.25) is 0 Å². The van der Waals surface area contributed by atoms with E-state index in [0.29, 0.717) is 0 Å². The largest absolute Gasteiger partial charge is 0.380 e. The average molecular weight is 249 g/mol. The van der Waals surface area contributed by atoms with Crippen molar-refractivity contribution in [3.63, 3.8) is 0 Å². The molecule has 0 heterocycles. The topological polar surface area (TPSA) is 21.3 Å². The molecular formula is C16H27NO. The lowest BCUT2D eigenvalue weighted by atomic mass is 9.99. The van der Waals surface area contributed by atoms with Crippen LogP contribution < -0.4 is 5.32 Å². The Hall–Kier alpha value is -0.860. The summed E-state index contributed by atoms with van der Waals surface area (Å²) in [6.45, 7) is 7.54. The molecule has 102 valence electrons. The zero-order valence-corrected chi connectivity index (χ0v) is 12.2. The van der Waals surface area contributed by atoms with Gasteiger partial charge in [-0.2, -0.15) is 0 Å². The summed E-state index contributed by atoms with van der Waals surface area (Å²) in [4.78, 5) is 0. The first-order valence-corrected chi connectivity index (χ1v) is 7.07. The molecule has 0 spiro atoms. The zero-order valence-electron chi connectivity index (χ0n) is 12.2. The van der Waals surface area contributed by atoms with Crippen LogP contribution in [0, 0.1) is 0 Å². The fourth-order valence-electron chi connectivity index (χ4n) is 2.17. The maximum absolute atomic E-state index is 5.48. The van der Waals surface area contributed by atoms with Crippen LogP contribution in [0.25, 0.3) is 0 Å². The Kier molecular flexibility index (Phi) is 6.99. The predicted molar refractivity (Wildman–Crippen MR) is 77.9 cm³/mol. The van der Waals surface area contributed by atoms with E-state index in [1.165, 1.54) is 17.5 Å². The molecule has 0 saturated heterocycles. The van der Waals surface area contributed by atoms with Crippen molar-refractivity contribution in [2.45, 2.75) is 52.2 Å². The Balaban J connectivity index is 2.77. The van der Waals surface area contributed by atoms with Crippen LogP contribution in [0.5, 0.6) is 0 Å². The van der Waals surface area contributed by atoms with E-state index < -0.39 is 0 Å². The Bertz CT molecular complexity index is 320. The summed E-state index contributed by atoms with van der Waals surface area (Å²) in [5, 5.41) is 3.56. The van der Waals surface area contributed by atoms with Crippen LogP contribution in [0.4, 0.5) is 0 Å². The highest BCUT2D eigenvalue weighted by molar-refractivity contribution is 5.26. The lowest BCUT2D eigenvalue weighted by molar-refractivity contribution is 0.0830. The van der Waals surface area contributed by atoms with Gasteiger partial charge in [0.1, 0.15) is 0 Å². The van der Waals surface area contributed by atoms with Gasteiger partial charge in [0.25, 0.3) is 0 Å². The maximum atomic E-state index is 5.48. The molecule has 0 aliphatic rings. The molecule has 0 aliphatic carbocycles. The molecule has 0 aromatic heterocycles. The van der Waals surface area contributed by atoms with Crippen LogP contribution in [0.1, 0.15) is 50.8 Å². The number of nitrogens with one attached hydrogen (secondary N) is 1. The molecule has 0 saturated carbocycles. The highest BCUT2D eigenvalue weighted by Gasteiger charge is 2.17. The second-order valence-electron chi connectivity index (χ2n) is 4.86. The molecule has 2 heteroatoms. The molecule has 18 heavy (non-hydrogen) atoms. The van der Waals surface area contributed by atoms with Gasteiger partial charge >= 0.3 is 0 Å². The summed E-state index contributed by atoms with van der Waals surface area (Å²) in [6.07, 6.45) is 3.69. The Morgan fingerprint density at radius 2 is 1.78 bits per heavy atom. The van der Waals surface area contributed by atoms with Crippen molar-refractivity contribution in [1.29, 1.82) is 0 Å². The van der Waals surface area contributed by atoms with Crippen LogP contribution in [0.3, 0.4) is 0 Å². The van der Waals surface area contributed by atoms with Crippen molar-refractivity contribution in [1.82, 2.24) is 5.32 Å². The Morgan fingerprint density at radius 3 is 2.28 bits per heavy atom. The van der Waals surface area contributed by atoms with E-state index in [-0.39, 0.29) is 12.1 Å². The standard InChI is InChI=1S/C16H27NO/c1-5-7-14-8-10-15(11-9-14)16(13(3)18-4)17-12-6-2/h8-11,13,16-17H,5-7,12H2,1-4H3. The van der Waals surface area contributed by atoms with Crippen LogP contribution in [-0.2, 0) is 11.2 Å². The van der Waals surface area contributed by atoms with Gasteiger partial charge in [-0.05, 0) is 37.4 Å². The summed E-state index contributed by atoms with van der Waals surface area (Å²) < 4.78 is 5.48. The van der Waals surface area contributed by atoms with Gasteiger partial charge < -0.3 is 10.1 Å². The van der Waals surface area contributed by atoms with Crippen molar-refractivity contribution in [2.75, 3.05) is 13.7 Å². The molecule has 0 fully saturated rings. The second kappa shape index (κ2) is 8.28. The summed E-state index contributed by atoms with van der Waals surface area (Å²) in [5.41, 5.74) is 2.73. The van der Waals surface area contributed by atoms with Crippen LogP contribution in [0.2, 0.25) is 0 Å². The number of benzene rings is 1. The van der Waals surface area contributed by atoms with Gasteiger partial charge in [-0.25, -0.2) is 0 Å². The van der Waals surface area contributed by atoms with E-state index in [1.807, 2.05) is 0 Å². The minimum atomic E-state index is 0.188. The molecule has 2 nitrogen and oxygen atoms in total. The van der Waals surface area contributed by atoms with E-state index in [0.717, 1.165) is 19.4 Å². The molecule has 1 aromatic carbocycles. The van der Waals surface area contributed by atoms with E-state index in [1.54, 1.807) is 7.11 Å². The summed E-state index contributed by atoms with van der Waals surface area (Å²) in [5.74, 6) is 0. The second-order valence-corrected chi connectivity index (χ2v) is 4.86. The Morgan fingerprint density at radius 1 is 1.11 bits per heavy atom. The summed E-state index contributed by atoms with van der Waals surface area (Å²) >= 11 is 0. The molecule has 0 amide bonds. The zero-order chi connectivity index (χ0) is 13.4. The fraction of sp³-hybridized carbons (Fsp3) is 0.625. The maximum Gasteiger partial charge on any atom is 0.0737 e. The minimum absolute atomic E-state index is 0.188. The van der Waals surface area contributed by atoms with Crippen LogP contribution in [-0.4, -0.2) is 19.8 Å². The van der Waals surface area contributed by atoms with Gasteiger partial charge in [-0.15, -0.1) is 0 Å². The third kappa shape index (κ3) is 4.43. The molecule has 1 N–H and O–H groups in total. The van der Waals surface area contributed by atoms with Crippen LogP contribution in [0.15, 0.2) is 24.3 Å². The molecule has 0 bridgehead atoms. The number of aryl methyl sites for hydroxylation is 1. The quantitative estimate of drug-likeness (QED) is 0.758. The lowest BCUT2D eigenvalue weighted by Crippen LogP contribution is -2.32. The first kappa shape index (κ1) is 15.2. The highest BCUT2D eigenvalue weighted by atomic mass is 16.5. The van der Waals surface area contributed by atoms with E-state index in [4.69, 9.17) is 4.74 Å². The van der Waals surface area contributed by atoms with Crippen molar-refractivity contribution >= 4 is 0 Å². The monoisotopic (exact) mass is 249 g/mol. The van der Waals surface area contributed by atoms with E-state index in [9.17, 15) is 0 Å². The Labute approximate surface area is 112 Å². The van der Waals surface area contributed by atoms with Crippen molar-refractivity contribution in [3.05, 3.63) is 35.4 Å². The SMILES string of the molecule is CCCNC(c1ccc(CCC)cc1)C(C)OC. The van der Waals surface area contributed by atoms with Crippen molar-refractivity contribution < 1.29 is 4.74 Å². The third-order valence-corrected chi connectivity index (χ3v) is 3.33.